The topological polar surface area (TPSA) is 66.3 Å². The SMILES string of the molecule is Cc1nc(NCCC2CCC(=O)N2CCN(C)C)n(C)n1. The summed E-state index contributed by atoms with van der Waals surface area (Å²) in [5, 5.41) is 7.51. The highest BCUT2D eigenvalue weighted by molar-refractivity contribution is 5.78. The largest absolute Gasteiger partial charge is 0.354 e. The number of nitrogens with one attached hydrogen (secondary N) is 1. The van der Waals surface area contributed by atoms with E-state index in [4.69, 9.17) is 0 Å². The third-order valence-electron chi connectivity index (χ3n) is 3.87. The maximum Gasteiger partial charge on any atom is 0.222 e. The van der Waals surface area contributed by atoms with Crippen LogP contribution in [0, 0.1) is 6.92 Å². The van der Waals surface area contributed by atoms with Gasteiger partial charge in [-0.3, -0.25) is 4.79 Å². The predicted octanol–water partition coefficient (Wildman–Crippen LogP) is 0.478. The van der Waals surface area contributed by atoms with Crippen LogP contribution in [0.5, 0.6) is 0 Å². The molecule has 2 rings (SSSR count). The molecule has 1 unspecified atom stereocenters. The van der Waals surface area contributed by atoms with E-state index in [1.54, 1.807) is 4.68 Å². The van der Waals surface area contributed by atoms with Gasteiger partial charge in [0.1, 0.15) is 5.82 Å². The molecule has 0 saturated carbocycles. The van der Waals surface area contributed by atoms with Crippen LogP contribution in [0.25, 0.3) is 0 Å². The minimum absolute atomic E-state index is 0.288. The Labute approximate surface area is 126 Å². The van der Waals surface area contributed by atoms with Gasteiger partial charge in [0.15, 0.2) is 0 Å². The highest BCUT2D eigenvalue weighted by atomic mass is 16.2. The molecule has 1 fully saturated rings. The maximum absolute atomic E-state index is 11.9. The van der Waals surface area contributed by atoms with E-state index in [0.29, 0.717) is 12.5 Å². The maximum atomic E-state index is 11.9. The average molecular weight is 294 g/mol. The summed E-state index contributed by atoms with van der Waals surface area (Å²) in [5.41, 5.74) is 0. The van der Waals surface area contributed by atoms with Gasteiger partial charge in [0.05, 0.1) is 0 Å². The molecule has 118 valence electrons. The number of rotatable bonds is 7. The zero-order valence-corrected chi connectivity index (χ0v) is 13.5. The number of aromatic nitrogens is 3. The fourth-order valence-corrected chi connectivity index (χ4v) is 2.73. The van der Waals surface area contributed by atoms with E-state index in [1.807, 2.05) is 33.0 Å². The van der Waals surface area contributed by atoms with Crippen LogP contribution in [0.3, 0.4) is 0 Å². The molecule has 0 bridgehead atoms. The highest BCUT2D eigenvalue weighted by Gasteiger charge is 2.30. The normalized spacial score (nSPS) is 18.8. The molecular formula is C14H26N6O. The molecule has 1 aromatic rings. The van der Waals surface area contributed by atoms with Crippen LogP contribution in [0.2, 0.25) is 0 Å². The van der Waals surface area contributed by atoms with Crippen molar-refractivity contribution in [3.63, 3.8) is 0 Å². The van der Waals surface area contributed by atoms with Gasteiger partial charge in [-0.1, -0.05) is 0 Å². The molecule has 2 heterocycles. The molecule has 0 spiro atoms. The summed E-state index contributed by atoms with van der Waals surface area (Å²) in [4.78, 5) is 20.4. The van der Waals surface area contributed by atoms with Crippen molar-refractivity contribution in [2.75, 3.05) is 39.0 Å². The fraction of sp³-hybridized carbons (Fsp3) is 0.786. The number of anilines is 1. The third-order valence-corrected chi connectivity index (χ3v) is 3.87. The summed E-state index contributed by atoms with van der Waals surface area (Å²) < 4.78 is 1.75. The molecule has 1 aliphatic rings. The number of carbonyl (C=O) groups is 1. The number of hydrogen-bond donors (Lipinski definition) is 1. The molecule has 7 heteroatoms. The van der Waals surface area contributed by atoms with Gasteiger partial charge >= 0.3 is 0 Å². The molecule has 21 heavy (non-hydrogen) atoms. The van der Waals surface area contributed by atoms with Gasteiger partial charge in [0.2, 0.25) is 11.9 Å². The van der Waals surface area contributed by atoms with Crippen LogP contribution in [-0.4, -0.2) is 70.2 Å². The summed E-state index contributed by atoms with van der Waals surface area (Å²) in [7, 11) is 5.95. The molecule has 1 atom stereocenters. The van der Waals surface area contributed by atoms with E-state index in [-0.39, 0.29) is 5.91 Å². The van der Waals surface area contributed by atoms with Crippen LogP contribution >= 0.6 is 0 Å². The van der Waals surface area contributed by atoms with Crippen LogP contribution in [-0.2, 0) is 11.8 Å². The van der Waals surface area contributed by atoms with Gasteiger partial charge in [-0.15, -0.1) is 0 Å². The first-order chi connectivity index (χ1) is 9.97. The predicted molar refractivity (Wildman–Crippen MR) is 82.1 cm³/mol. The van der Waals surface area contributed by atoms with Gasteiger partial charge in [-0.25, -0.2) is 4.68 Å². The highest BCUT2D eigenvalue weighted by Crippen LogP contribution is 2.21. The summed E-state index contributed by atoms with van der Waals surface area (Å²) in [5.74, 6) is 1.84. The summed E-state index contributed by atoms with van der Waals surface area (Å²) in [6.45, 7) is 4.42. The number of amides is 1. The molecule has 1 N–H and O–H groups in total. The quantitative estimate of drug-likeness (QED) is 0.792. The zero-order valence-electron chi connectivity index (χ0n) is 13.5. The first-order valence-corrected chi connectivity index (χ1v) is 7.53. The molecule has 1 amide bonds. The van der Waals surface area contributed by atoms with Crippen LogP contribution in [0.4, 0.5) is 5.95 Å². The molecular weight excluding hydrogens is 268 g/mol. The van der Waals surface area contributed by atoms with E-state index in [0.717, 1.165) is 44.2 Å². The van der Waals surface area contributed by atoms with Gasteiger partial charge in [-0.05, 0) is 33.9 Å². The van der Waals surface area contributed by atoms with Gasteiger partial charge in [0, 0.05) is 39.1 Å². The van der Waals surface area contributed by atoms with Crippen molar-refractivity contribution in [2.45, 2.75) is 32.2 Å². The molecule has 7 nitrogen and oxygen atoms in total. The van der Waals surface area contributed by atoms with Crippen LogP contribution in [0.1, 0.15) is 25.1 Å². The van der Waals surface area contributed by atoms with E-state index in [2.05, 4.69) is 20.3 Å². The number of carbonyl (C=O) groups excluding carboxylic acids is 1. The first-order valence-electron chi connectivity index (χ1n) is 7.53. The van der Waals surface area contributed by atoms with Crippen molar-refractivity contribution in [1.29, 1.82) is 0 Å². The summed E-state index contributed by atoms with van der Waals surface area (Å²) in [6, 6.07) is 0.347. The van der Waals surface area contributed by atoms with Crippen molar-refractivity contribution in [3.8, 4) is 0 Å². The Kier molecular flexibility index (Phi) is 5.17. The Bertz CT molecular complexity index is 484. The Morgan fingerprint density at radius 3 is 2.81 bits per heavy atom. The van der Waals surface area contributed by atoms with Crippen molar-refractivity contribution < 1.29 is 4.79 Å². The molecule has 0 aromatic carbocycles. The number of hydrogen-bond acceptors (Lipinski definition) is 5. The summed E-state index contributed by atoms with van der Waals surface area (Å²) >= 11 is 0. The Hall–Kier alpha value is -1.63. The molecule has 1 saturated heterocycles. The minimum atomic E-state index is 0.288. The fourth-order valence-electron chi connectivity index (χ4n) is 2.73. The zero-order chi connectivity index (χ0) is 15.4. The van der Waals surface area contributed by atoms with E-state index >= 15 is 0 Å². The lowest BCUT2D eigenvalue weighted by atomic mass is 10.1. The van der Waals surface area contributed by atoms with E-state index in [1.165, 1.54) is 0 Å². The number of nitrogens with zero attached hydrogens (tertiary/aromatic N) is 5. The second kappa shape index (κ2) is 6.89. The number of aryl methyl sites for hydroxylation is 2. The molecule has 0 radical (unpaired) electrons. The van der Waals surface area contributed by atoms with Crippen molar-refractivity contribution in [1.82, 2.24) is 24.6 Å². The average Bonchev–Trinajstić information content (AvgIpc) is 2.91. The Balaban J connectivity index is 1.81. The van der Waals surface area contributed by atoms with Crippen LogP contribution < -0.4 is 5.32 Å². The standard InChI is InChI=1S/C14H26N6O/c1-11-16-14(19(4)17-11)15-8-7-12-5-6-13(21)20(12)10-9-18(2)3/h12H,5-10H2,1-4H3,(H,15,16,17). The van der Waals surface area contributed by atoms with Gasteiger partial charge in [0.25, 0.3) is 0 Å². The molecule has 1 aromatic heterocycles. The summed E-state index contributed by atoms with van der Waals surface area (Å²) in [6.07, 6.45) is 2.60. The van der Waals surface area contributed by atoms with Gasteiger partial charge in [-0.2, -0.15) is 10.1 Å². The lowest BCUT2D eigenvalue weighted by Crippen LogP contribution is -2.39. The molecule has 0 aliphatic carbocycles. The second-order valence-electron chi connectivity index (χ2n) is 5.90. The minimum Gasteiger partial charge on any atom is -0.354 e. The molecule has 1 aliphatic heterocycles. The monoisotopic (exact) mass is 294 g/mol. The van der Waals surface area contributed by atoms with E-state index < -0.39 is 0 Å². The first kappa shape index (κ1) is 15.8. The van der Waals surface area contributed by atoms with E-state index in [9.17, 15) is 4.79 Å². The van der Waals surface area contributed by atoms with Crippen LogP contribution in [0.15, 0.2) is 0 Å². The Morgan fingerprint density at radius 1 is 1.43 bits per heavy atom. The van der Waals surface area contributed by atoms with Gasteiger partial charge < -0.3 is 15.1 Å². The number of likely N-dealkylation sites (N-methyl/N-ethyl adjacent to an activating group) is 1. The van der Waals surface area contributed by atoms with Crippen molar-refractivity contribution in [2.24, 2.45) is 7.05 Å². The lowest BCUT2D eigenvalue weighted by molar-refractivity contribution is -0.129. The smallest absolute Gasteiger partial charge is 0.222 e. The number of likely N-dealkylation sites (tertiary alicyclic amines) is 1. The van der Waals surface area contributed by atoms with Crippen molar-refractivity contribution in [3.05, 3.63) is 5.82 Å². The lowest BCUT2D eigenvalue weighted by Gasteiger charge is -2.26. The second-order valence-corrected chi connectivity index (χ2v) is 5.90. The Morgan fingerprint density at radius 2 is 2.19 bits per heavy atom. The van der Waals surface area contributed by atoms with Crippen molar-refractivity contribution >= 4 is 11.9 Å². The third kappa shape index (κ3) is 4.17.